The van der Waals surface area contributed by atoms with E-state index in [1.165, 1.54) is 6.07 Å². The third-order valence-corrected chi connectivity index (χ3v) is 4.51. The predicted molar refractivity (Wildman–Crippen MR) is 99.9 cm³/mol. The number of esters is 1. The minimum absolute atomic E-state index is 0.0454. The van der Waals surface area contributed by atoms with E-state index in [9.17, 15) is 23.7 Å². The lowest BCUT2D eigenvalue weighted by Gasteiger charge is -2.32. The van der Waals surface area contributed by atoms with Gasteiger partial charge in [0.2, 0.25) is 11.6 Å². The number of hydrogen-bond acceptors (Lipinski definition) is 8. The van der Waals surface area contributed by atoms with Gasteiger partial charge in [0.15, 0.2) is 11.6 Å². The summed E-state index contributed by atoms with van der Waals surface area (Å²) in [5.74, 6) is -3.02. The summed E-state index contributed by atoms with van der Waals surface area (Å²) in [6.07, 6.45) is 2.39. The fourth-order valence-electron chi connectivity index (χ4n) is 3.19. The SMILES string of the molecule is CCOC(=O)C1CCCN(c2ncnc(Nc3ccc(F)c(F)c3)c2[N+](=O)[O-])C1. The zero-order valence-corrected chi connectivity index (χ0v) is 15.6. The van der Waals surface area contributed by atoms with E-state index in [0.29, 0.717) is 19.4 Å². The highest BCUT2D eigenvalue weighted by Crippen LogP contribution is 2.35. The van der Waals surface area contributed by atoms with Crippen molar-refractivity contribution >= 4 is 29.0 Å². The summed E-state index contributed by atoms with van der Waals surface area (Å²) in [5.41, 5.74) is -0.318. The Balaban J connectivity index is 1.91. The normalized spacial score (nSPS) is 16.4. The second-order valence-corrected chi connectivity index (χ2v) is 6.44. The molecule has 2 aromatic rings. The van der Waals surface area contributed by atoms with Gasteiger partial charge >= 0.3 is 11.7 Å². The lowest BCUT2D eigenvalue weighted by atomic mass is 9.98. The van der Waals surface area contributed by atoms with Gasteiger partial charge in [-0.25, -0.2) is 18.7 Å². The number of anilines is 3. The van der Waals surface area contributed by atoms with Crippen LogP contribution in [-0.2, 0) is 9.53 Å². The predicted octanol–water partition coefficient (Wildman–Crippen LogP) is 3.19. The molecule has 1 aromatic carbocycles. The number of carbonyl (C=O) groups is 1. The van der Waals surface area contributed by atoms with Crippen molar-refractivity contribution in [2.45, 2.75) is 19.8 Å². The zero-order valence-electron chi connectivity index (χ0n) is 15.6. The molecule has 1 fully saturated rings. The molecule has 2 heterocycles. The molecule has 1 atom stereocenters. The van der Waals surface area contributed by atoms with Crippen molar-refractivity contribution in [3.8, 4) is 0 Å². The molecule has 1 aliphatic rings. The van der Waals surface area contributed by atoms with E-state index >= 15 is 0 Å². The number of nitrogens with zero attached hydrogens (tertiary/aromatic N) is 4. The molecule has 0 amide bonds. The number of benzene rings is 1. The Hall–Kier alpha value is -3.37. The molecule has 0 saturated carbocycles. The van der Waals surface area contributed by atoms with Crippen molar-refractivity contribution in [1.82, 2.24) is 9.97 Å². The smallest absolute Gasteiger partial charge is 0.353 e. The second kappa shape index (κ2) is 8.76. The highest BCUT2D eigenvalue weighted by Gasteiger charge is 2.33. The summed E-state index contributed by atoms with van der Waals surface area (Å²) in [6.45, 7) is 2.66. The fraction of sp³-hybridized carbons (Fsp3) is 0.389. The van der Waals surface area contributed by atoms with Gasteiger partial charge in [-0.3, -0.25) is 14.9 Å². The number of aromatic nitrogens is 2. The minimum atomic E-state index is -1.10. The van der Waals surface area contributed by atoms with E-state index in [4.69, 9.17) is 4.74 Å². The number of ether oxygens (including phenoxy) is 1. The largest absolute Gasteiger partial charge is 0.466 e. The first-order valence-electron chi connectivity index (χ1n) is 9.03. The van der Waals surface area contributed by atoms with E-state index in [0.717, 1.165) is 18.5 Å². The van der Waals surface area contributed by atoms with Crippen LogP contribution in [0.25, 0.3) is 0 Å². The van der Waals surface area contributed by atoms with Crippen LogP contribution in [0.3, 0.4) is 0 Å². The zero-order chi connectivity index (χ0) is 21.0. The molecule has 3 rings (SSSR count). The van der Waals surface area contributed by atoms with Gasteiger partial charge in [0.1, 0.15) is 6.33 Å². The molecule has 1 aliphatic heterocycles. The Labute approximate surface area is 164 Å². The van der Waals surface area contributed by atoms with Crippen LogP contribution >= 0.6 is 0 Å². The molecule has 11 heteroatoms. The Morgan fingerprint density at radius 3 is 2.86 bits per heavy atom. The monoisotopic (exact) mass is 407 g/mol. The molecule has 1 aromatic heterocycles. The molecule has 0 bridgehead atoms. The van der Waals surface area contributed by atoms with Crippen LogP contribution in [0.1, 0.15) is 19.8 Å². The Bertz CT molecular complexity index is 927. The summed E-state index contributed by atoms with van der Waals surface area (Å²) < 4.78 is 31.6. The van der Waals surface area contributed by atoms with E-state index in [1.54, 1.807) is 11.8 Å². The van der Waals surface area contributed by atoms with Gasteiger partial charge in [0.05, 0.1) is 17.4 Å². The first-order chi connectivity index (χ1) is 13.9. The van der Waals surface area contributed by atoms with Crippen LogP contribution in [-0.4, -0.2) is 40.6 Å². The maximum atomic E-state index is 13.5. The van der Waals surface area contributed by atoms with E-state index in [1.807, 2.05) is 0 Å². The van der Waals surface area contributed by atoms with Gasteiger partial charge in [-0.15, -0.1) is 0 Å². The molecule has 1 saturated heterocycles. The van der Waals surface area contributed by atoms with Crippen LogP contribution in [0.2, 0.25) is 0 Å². The van der Waals surface area contributed by atoms with E-state index < -0.39 is 28.2 Å². The summed E-state index contributed by atoms with van der Waals surface area (Å²) in [7, 11) is 0. The summed E-state index contributed by atoms with van der Waals surface area (Å²) in [6, 6.07) is 3.01. The summed E-state index contributed by atoms with van der Waals surface area (Å²) in [4.78, 5) is 32.7. The first kappa shape index (κ1) is 20.4. The number of piperidine rings is 1. The average Bonchev–Trinajstić information content (AvgIpc) is 2.70. The molecule has 0 aliphatic carbocycles. The second-order valence-electron chi connectivity index (χ2n) is 6.44. The number of rotatable bonds is 6. The van der Waals surface area contributed by atoms with Crippen LogP contribution < -0.4 is 10.2 Å². The molecule has 29 heavy (non-hydrogen) atoms. The maximum absolute atomic E-state index is 13.5. The molecule has 154 valence electrons. The Morgan fingerprint density at radius 2 is 2.17 bits per heavy atom. The first-order valence-corrected chi connectivity index (χ1v) is 9.03. The van der Waals surface area contributed by atoms with Gasteiger partial charge in [0.25, 0.3) is 0 Å². The van der Waals surface area contributed by atoms with Crippen molar-refractivity contribution in [2.24, 2.45) is 5.92 Å². The quantitative estimate of drug-likeness (QED) is 0.442. The summed E-state index contributed by atoms with van der Waals surface area (Å²) in [5, 5.41) is 14.4. The standard InChI is InChI=1S/C18H19F2N5O4/c1-2-29-18(26)11-4-3-7-24(9-11)17-15(25(27)28)16(21-10-22-17)23-12-5-6-13(19)14(20)8-12/h5-6,8,10-11H,2-4,7,9H2,1H3,(H,21,22,23). The van der Waals surface area contributed by atoms with Crippen LogP contribution in [0, 0.1) is 27.7 Å². The number of nitro groups is 1. The topological polar surface area (TPSA) is 110 Å². The molecular weight excluding hydrogens is 388 g/mol. The minimum Gasteiger partial charge on any atom is -0.466 e. The average molecular weight is 407 g/mol. The molecular formula is C18H19F2N5O4. The number of hydrogen-bond donors (Lipinski definition) is 1. The van der Waals surface area contributed by atoms with Gasteiger partial charge in [-0.2, -0.15) is 0 Å². The van der Waals surface area contributed by atoms with Crippen LogP contribution in [0.15, 0.2) is 24.5 Å². The van der Waals surface area contributed by atoms with E-state index in [-0.39, 0.29) is 36.4 Å². The fourth-order valence-corrected chi connectivity index (χ4v) is 3.19. The highest BCUT2D eigenvalue weighted by molar-refractivity contribution is 5.77. The van der Waals surface area contributed by atoms with E-state index in [2.05, 4.69) is 15.3 Å². The van der Waals surface area contributed by atoms with Crippen molar-refractivity contribution in [3.05, 3.63) is 46.3 Å². The lowest BCUT2D eigenvalue weighted by Crippen LogP contribution is -2.40. The molecule has 0 spiro atoms. The molecule has 0 radical (unpaired) electrons. The van der Waals surface area contributed by atoms with Gasteiger partial charge in [0, 0.05) is 24.8 Å². The van der Waals surface area contributed by atoms with Crippen molar-refractivity contribution < 1.29 is 23.2 Å². The Morgan fingerprint density at radius 1 is 1.38 bits per heavy atom. The molecule has 1 unspecified atom stereocenters. The third kappa shape index (κ3) is 4.55. The Kier molecular flexibility index (Phi) is 6.15. The van der Waals surface area contributed by atoms with Gasteiger partial charge in [-0.1, -0.05) is 0 Å². The highest BCUT2D eigenvalue weighted by atomic mass is 19.2. The van der Waals surface area contributed by atoms with Crippen LogP contribution in [0.4, 0.5) is 31.8 Å². The van der Waals surface area contributed by atoms with Crippen molar-refractivity contribution in [2.75, 3.05) is 29.9 Å². The number of halogens is 2. The van der Waals surface area contributed by atoms with Crippen molar-refractivity contribution in [1.29, 1.82) is 0 Å². The number of carbonyl (C=O) groups excluding carboxylic acids is 1. The van der Waals surface area contributed by atoms with Crippen molar-refractivity contribution in [3.63, 3.8) is 0 Å². The number of nitrogens with one attached hydrogen (secondary N) is 1. The van der Waals surface area contributed by atoms with Gasteiger partial charge in [-0.05, 0) is 31.9 Å². The molecule has 1 N–H and O–H groups in total. The maximum Gasteiger partial charge on any atom is 0.353 e. The van der Waals surface area contributed by atoms with Gasteiger partial charge < -0.3 is 15.0 Å². The third-order valence-electron chi connectivity index (χ3n) is 4.51. The summed E-state index contributed by atoms with van der Waals surface area (Å²) >= 11 is 0. The lowest BCUT2D eigenvalue weighted by molar-refractivity contribution is -0.383. The molecule has 9 nitrogen and oxygen atoms in total. The van der Waals surface area contributed by atoms with Crippen LogP contribution in [0.5, 0.6) is 0 Å².